The molecule has 0 aliphatic rings. The number of rotatable bonds is 3. The van der Waals surface area contributed by atoms with Crippen LogP contribution >= 0.6 is 31.9 Å². The predicted molar refractivity (Wildman–Crippen MR) is 93.7 cm³/mol. The lowest BCUT2D eigenvalue weighted by atomic mass is 9.98. The standard InChI is InChI=1S/C17H11Br2FO4/c1-7(21)17-14(10-6-9(20)2-3-13(10)24-17)15(22)8-4-11(18)16(23)12(19)5-8/h2-7,21,23H,1H3/i2D,3D,6D. The fourth-order valence-electron chi connectivity index (χ4n) is 2.27. The summed E-state index contributed by atoms with van der Waals surface area (Å²) in [6, 6.07) is 0.447. The first kappa shape index (κ1) is 13.6. The third-order valence-electron chi connectivity index (χ3n) is 3.34. The number of halogens is 3. The summed E-state index contributed by atoms with van der Waals surface area (Å²) in [6.07, 6.45) is -1.28. The summed E-state index contributed by atoms with van der Waals surface area (Å²) in [4.78, 5) is 13.1. The third kappa shape index (κ3) is 2.87. The van der Waals surface area contributed by atoms with Crippen LogP contribution in [-0.4, -0.2) is 16.0 Å². The van der Waals surface area contributed by atoms with Gasteiger partial charge in [0.25, 0.3) is 0 Å². The van der Waals surface area contributed by atoms with Crippen LogP contribution in [0.3, 0.4) is 0 Å². The third-order valence-corrected chi connectivity index (χ3v) is 4.55. The van der Waals surface area contributed by atoms with E-state index in [2.05, 4.69) is 31.9 Å². The zero-order chi connectivity index (χ0) is 20.2. The minimum atomic E-state index is -1.28. The molecule has 0 aliphatic heterocycles. The lowest BCUT2D eigenvalue weighted by Gasteiger charge is -2.07. The monoisotopic (exact) mass is 459 g/mol. The average Bonchev–Trinajstić information content (AvgIpc) is 3.02. The van der Waals surface area contributed by atoms with Crippen LogP contribution in [0.4, 0.5) is 4.39 Å². The van der Waals surface area contributed by atoms with Gasteiger partial charge in [-0.25, -0.2) is 4.39 Å². The minimum absolute atomic E-state index is 0.0671. The topological polar surface area (TPSA) is 70.7 Å². The number of carbonyl (C=O) groups excluding carboxylic acids is 1. The van der Waals surface area contributed by atoms with Crippen LogP contribution in [0.1, 0.15) is 38.8 Å². The largest absolute Gasteiger partial charge is 0.506 e. The number of carbonyl (C=O) groups is 1. The van der Waals surface area contributed by atoms with Crippen molar-refractivity contribution in [2.45, 2.75) is 13.0 Å². The van der Waals surface area contributed by atoms with Gasteiger partial charge in [-0.15, -0.1) is 0 Å². The van der Waals surface area contributed by atoms with Gasteiger partial charge in [0.15, 0.2) is 5.78 Å². The molecule has 1 atom stereocenters. The number of ketones is 1. The highest BCUT2D eigenvalue weighted by atomic mass is 79.9. The van der Waals surface area contributed by atoms with Crippen LogP contribution in [0.2, 0.25) is 0 Å². The van der Waals surface area contributed by atoms with Gasteiger partial charge < -0.3 is 14.6 Å². The molecule has 1 heterocycles. The molecule has 7 heteroatoms. The zero-order valence-electron chi connectivity index (χ0n) is 15.1. The van der Waals surface area contributed by atoms with Gasteiger partial charge in [-0.2, -0.15) is 0 Å². The molecule has 0 spiro atoms. The second-order valence-electron chi connectivity index (χ2n) is 5.03. The number of aromatic hydroxyl groups is 1. The summed E-state index contributed by atoms with van der Waals surface area (Å²) in [5, 5.41) is 19.5. The lowest BCUT2D eigenvalue weighted by molar-refractivity contribution is 0.102. The maximum Gasteiger partial charge on any atom is 0.197 e. The molecular weight excluding hydrogens is 447 g/mol. The van der Waals surface area contributed by atoms with E-state index in [1.54, 1.807) is 0 Å². The summed E-state index contributed by atoms with van der Waals surface area (Å²) in [7, 11) is 0. The van der Waals surface area contributed by atoms with E-state index in [0.717, 1.165) is 0 Å². The van der Waals surface area contributed by atoms with E-state index in [-0.39, 0.29) is 42.6 Å². The number of phenolic OH excluding ortho intramolecular Hbond substituents is 1. The summed E-state index contributed by atoms with van der Waals surface area (Å²) >= 11 is 6.23. The Balaban J connectivity index is 2.40. The Morgan fingerprint density at radius 3 is 2.54 bits per heavy atom. The highest BCUT2D eigenvalue weighted by molar-refractivity contribution is 9.11. The Labute approximate surface area is 157 Å². The summed E-state index contributed by atoms with van der Waals surface area (Å²) in [5.74, 6) is -2.31. The quantitative estimate of drug-likeness (QED) is 0.534. The second-order valence-corrected chi connectivity index (χ2v) is 6.74. The molecule has 1 aromatic heterocycles. The molecule has 3 aromatic rings. The summed E-state index contributed by atoms with van der Waals surface area (Å²) < 4.78 is 43.5. The Morgan fingerprint density at radius 2 is 1.96 bits per heavy atom. The van der Waals surface area contributed by atoms with E-state index in [4.69, 9.17) is 8.53 Å². The fourth-order valence-corrected chi connectivity index (χ4v) is 3.46. The highest BCUT2D eigenvalue weighted by Crippen LogP contribution is 2.37. The van der Waals surface area contributed by atoms with Crippen LogP contribution < -0.4 is 0 Å². The first-order valence-electron chi connectivity index (χ1n) is 8.18. The van der Waals surface area contributed by atoms with Crippen molar-refractivity contribution in [3.05, 3.63) is 61.9 Å². The van der Waals surface area contributed by atoms with Crippen LogP contribution in [0.15, 0.2) is 43.6 Å². The Morgan fingerprint density at radius 1 is 1.33 bits per heavy atom. The lowest BCUT2D eigenvalue weighted by Crippen LogP contribution is -2.06. The van der Waals surface area contributed by atoms with Gasteiger partial charge in [0.2, 0.25) is 0 Å². The first-order valence-corrected chi connectivity index (χ1v) is 8.27. The van der Waals surface area contributed by atoms with Crippen molar-refractivity contribution in [1.82, 2.24) is 0 Å². The Kier molecular flexibility index (Phi) is 3.57. The van der Waals surface area contributed by atoms with Crippen molar-refractivity contribution in [3.63, 3.8) is 0 Å². The van der Waals surface area contributed by atoms with Gasteiger partial charge in [-0.05, 0) is 69.0 Å². The SMILES string of the molecule is [2H]c1c(F)c([2H])c2c(C(=O)c3cc(Br)c(O)c(Br)c3)c(C(C)O)oc2c1[2H]. The van der Waals surface area contributed by atoms with Gasteiger partial charge in [0.1, 0.15) is 29.0 Å². The normalized spacial score (nSPS) is 14.3. The summed E-state index contributed by atoms with van der Waals surface area (Å²) in [6.45, 7) is 1.32. The van der Waals surface area contributed by atoms with Crippen LogP contribution in [-0.2, 0) is 0 Å². The van der Waals surface area contributed by atoms with E-state index < -0.39 is 35.8 Å². The number of phenols is 1. The number of aliphatic hydroxyl groups is 1. The van der Waals surface area contributed by atoms with Crippen molar-refractivity contribution < 1.29 is 27.9 Å². The molecule has 2 N–H and O–H groups in total. The number of hydrogen-bond donors (Lipinski definition) is 2. The molecule has 2 aromatic carbocycles. The number of furan rings is 1. The number of aliphatic hydroxyl groups excluding tert-OH is 1. The van der Waals surface area contributed by atoms with Crippen molar-refractivity contribution in [1.29, 1.82) is 0 Å². The van der Waals surface area contributed by atoms with E-state index >= 15 is 0 Å². The molecule has 4 nitrogen and oxygen atoms in total. The Bertz CT molecular complexity index is 1090. The van der Waals surface area contributed by atoms with Gasteiger partial charge >= 0.3 is 0 Å². The predicted octanol–water partition coefficient (Wildman–Crippen LogP) is 5.09. The average molecular weight is 461 g/mol. The number of benzene rings is 2. The van der Waals surface area contributed by atoms with Crippen molar-refractivity contribution in [2.24, 2.45) is 0 Å². The van der Waals surface area contributed by atoms with Crippen LogP contribution in [0.25, 0.3) is 11.0 Å². The fraction of sp³-hybridized carbons (Fsp3) is 0.118. The maximum absolute atomic E-state index is 14.2. The number of fused-ring (bicyclic) bond motifs is 1. The maximum atomic E-state index is 14.2. The molecule has 0 saturated carbocycles. The molecule has 0 amide bonds. The first-order chi connectivity index (χ1) is 12.6. The van der Waals surface area contributed by atoms with E-state index in [1.807, 2.05) is 0 Å². The van der Waals surface area contributed by atoms with Crippen molar-refractivity contribution in [3.8, 4) is 5.75 Å². The van der Waals surface area contributed by atoms with Gasteiger partial charge in [-0.1, -0.05) is 0 Å². The minimum Gasteiger partial charge on any atom is -0.506 e. The molecule has 0 fully saturated rings. The molecule has 1 unspecified atom stereocenters. The molecular formula is C17H11Br2FO4. The number of hydrogen-bond acceptors (Lipinski definition) is 4. The molecule has 0 saturated heterocycles. The van der Waals surface area contributed by atoms with Crippen LogP contribution in [0, 0.1) is 5.82 Å². The highest BCUT2D eigenvalue weighted by Gasteiger charge is 2.26. The molecule has 124 valence electrons. The van der Waals surface area contributed by atoms with Crippen LogP contribution in [0.5, 0.6) is 5.75 Å². The van der Waals surface area contributed by atoms with E-state index in [0.29, 0.717) is 0 Å². The molecule has 0 aliphatic carbocycles. The zero-order valence-corrected chi connectivity index (χ0v) is 15.2. The molecule has 0 bridgehead atoms. The van der Waals surface area contributed by atoms with E-state index in [1.165, 1.54) is 19.1 Å². The molecule has 24 heavy (non-hydrogen) atoms. The Hall–Kier alpha value is -1.70. The molecule has 3 rings (SSSR count). The van der Waals surface area contributed by atoms with Gasteiger partial charge in [0, 0.05) is 10.9 Å². The van der Waals surface area contributed by atoms with Gasteiger partial charge in [0.05, 0.1) is 18.6 Å². The summed E-state index contributed by atoms with van der Waals surface area (Å²) in [5.41, 5.74) is -0.512. The molecule has 0 radical (unpaired) electrons. The smallest absolute Gasteiger partial charge is 0.197 e. The second kappa shape index (κ2) is 6.31. The van der Waals surface area contributed by atoms with Gasteiger partial charge in [-0.3, -0.25) is 4.79 Å². The van der Waals surface area contributed by atoms with E-state index in [9.17, 15) is 19.4 Å². The van der Waals surface area contributed by atoms with Crippen molar-refractivity contribution >= 4 is 48.6 Å². The van der Waals surface area contributed by atoms with Crippen molar-refractivity contribution in [2.75, 3.05) is 0 Å².